The topological polar surface area (TPSA) is 76.0 Å². The summed E-state index contributed by atoms with van der Waals surface area (Å²) in [5.41, 5.74) is 8.70. The van der Waals surface area contributed by atoms with Gasteiger partial charge in [-0.15, -0.1) is 0 Å². The first-order chi connectivity index (χ1) is 9.08. The van der Waals surface area contributed by atoms with Crippen molar-refractivity contribution in [2.75, 3.05) is 11.1 Å². The summed E-state index contributed by atoms with van der Waals surface area (Å²) in [4.78, 5) is 0. The molecule has 0 aliphatic rings. The monoisotopic (exact) mass is 260 g/mol. The summed E-state index contributed by atoms with van der Waals surface area (Å²) in [6, 6.07) is 5.87. The van der Waals surface area contributed by atoms with Gasteiger partial charge in [0.05, 0.1) is 29.7 Å². The molecule has 102 valence electrons. The predicted molar refractivity (Wildman–Crippen MR) is 77.2 cm³/mol. The number of anilines is 2. The first kappa shape index (κ1) is 13.3. The van der Waals surface area contributed by atoms with E-state index in [1.807, 2.05) is 38.2 Å². The summed E-state index contributed by atoms with van der Waals surface area (Å²) in [5, 5.41) is 10.1. The molecule has 19 heavy (non-hydrogen) atoms. The highest BCUT2D eigenvalue weighted by Crippen LogP contribution is 2.32. The largest absolute Gasteiger partial charge is 0.489 e. The molecule has 0 saturated carbocycles. The van der Waals surface area contributed by atoms with Crippen molar-refractivity contribution in [3.05, 3.63) is 36.2 Å². The maximum absolute atomic E-state index is 6.12. The number of hydrogen-bond acceptors (Lipinski definition) is 4. The fourth-order valence-corrected chi connectivity index (χ4v) is 1.84. The van der Waals surface area contributed by atoms with Gasteiger partial charge >= 0.3 is 0 Å². The molecule has 0 aliphatic heterocycles. The van der Waals surface area contributed by atoms with Crippen LogP contribution in [0.4, 0.5) is 11.4 Å². The molecule has 0 amide bonds. The summed E-state index contributed by atoms with van der Waals surface area (Å²) in [6.07, 6.45) is 3.76. The zero-order valence-electron chi connectivity index (χ0n) is 11.5. The molecule has 0 aliphatic carbocycles. The number of hydrogen-bond donors (Lipinski definition) is 3. The number of nitrogen functional groups attached to an aromatic ring is 1. The molecule has 5 heteroatoms. The van der Waals surface area contributed by atoms with Gasteiger partial charge in [-0.05, 0) is 32.9 Å². The lowest BCUT2D eigenvalue weighted by molar-refractivity contribution is 0.244. The second-order valence-electron chi connectivity index (χ2n) is 4.78. The van der Waals surface area contributed by atoms with Crippen molar-refractivity contribution in [2.24, 2.45) is 0 Å². The summed E-state index contributed by atoms with van der Waals surface area (Å²) >= 11 is 0. The van der Waals surface area contributed by atoms with Gasteiger partial charge in [0.25, 0.3) is 0 Å². The van der Waals surface area contributed by atoms with Gasteiger partial charge in [0, 0.05) is 11.8 Å². The molecule has 1 atom stereocenters. The molecule has 1 aromatic carbocycles. The summed E-state index contributed by atoms with van der Waals surface area (Å²) < 4.78 is 5.67. The van der Waals surface area contributed by atoms with Crippen LogP contribution in [0.3, 0.4) is 0 Å². The van der Waals surface area contributed by atoms with E-state index in [-0.39, 0.29) is 12.1 Å². The maximum atomic E-state index is 6.12. The standard InChI is InChI=1S/C14H20N4O/c1-9(2)19-13-6-4-5-12(14(13)15)18-10(3)11-7-16-17-8-11/h4-10,18H,15H2,1-3H3,(H,16,17). The van der Waals surface area contributed by atoms with Crippen LogP contribution >= 0.6 is 0 Å². The van der Waals surface area contributed by atoms with Crippen molar-refractivity contribution in [2.45, 2.75) is 32.9 Å². The molecule has 5 nitrogen and oxygen atoms in total. The second kappa shape index (κ2) is 5.65. The number of nitrogens with zero attached hydrogens (tertiary/aromatic N) is 1. The van der Waals surface area contributed by atoms with E-state index in [0.717, 1.165) is 11.3 Å². The molecule has 0 saturated heterocycles. The van der Waals surface area contributed by atoms with Crippen LogP contribution in [0.15, 0.2) is 30.6 Å². The van der Waals surface area contributed by atoms with Crippen molar-refractivity contribution in [3.63, 3.8) is 0 Å². The van der Waals surface area contributed by atoms with Crippen molar-refractivity contribution in [3.8, 4) is 5.75 Å². The number of rotatable bonds is 5. The Balaban J connectivity index is 2.16. The number of benzene rings is 1. The van der Waals surface area contributed by atoms with E-state index in [1.54, 1.807) is 6.20 Å². The lowest BCUT2D eigenvalue weighted by Gasteiger charge is -2.18. The number of aromatic amines is 1. The molecule has 1 unspecified atom stereocenters. The Morgan fingerprint density at radius 3 is 2.74 bits per heavy atom. The highest BCUT2D eigenvalue weighted by molar-refractivity contribution is 5.73. The number of nitrogens with one attached hydrogen (secondary N) is 2. The fraction of sp³-hybridized carbons (Fsp3) is 0.357. The zero-order chi connectivity index (χ0) is 13.8. The van der Waals surface area contributed by atoms with E-state index in [1.165, 1.54) is 0 Å². The van der Waals surface area contributed by atoms with E-state index >= 15 is 0 Å². The first-order valence-electron chi connectivity index (χ1n) is 6.38. The predicted octanol–water partition coefficient (Wildman–Crippen LogP) is 2.95. The number of nitrogens with two attached hydrogens (primary N) is 1. The Kier molecular flexibility index (Phi) is 3.94. The third-order valence-corrected chi connectivity index (χ3v) is 2.82. The molecule has 1 heterocycles. The van der Waals surface area contributed by atoms with Crippen LogP contribution in [0.2, 0.25) is 0 Å². The Hall–Kier alpha value is -2.17. The highest BCUT2D eigenvalue weighted by Gasteiger charge is 2.11. The van der Waals surface area contributed by atoms with Gasteiger partial charge < -0.3 is 15.8 Å². The molecule has 0 radical (unpaired) electrons. The Morgan fingerprint density at radius 2 is 2.11 bits per heavy atom. The molecule has 0 spiro atoms. The fourth-order valence-electron chi connectivity index (χ4n) is 1.84. The van der Waals surface area contributed by atoms with Crippen molar-refractivity contribution >= 4 is 11.4 Å². The maximum Gasteiger partial charge on any atom is 0.144 e. The Bertz CT molecular complexity index is 522. The van der Waals surface area contributed by atoms with Crippen LogP contribution in [0, 0.1) is 0 Å². The first-order valence-corrected chi connectivity index (χ1v) is 6.38. The summed E-state index contributed by atoms with van der Waals surface area (Å²) in [6.45, 7) is 6.02. The van der Waals surface area contributed by atoms with Crippen LogP contribution in [-0.4, -0.2) is 16.3 Å². The number of para-hydroxylation sites is 1. The normalized spacial score (nSPS) is 12.4. The van der Waals surface area contributed by atoms with Gasteiger partial charge in [-0.2, -0.15) is 5.10 Å². The van der Waals surface area contributed by atoms with Gasteiger partial charge in [0.2, 0.25) is 0 Å². The van der Waals surface area contributed by atoms with E-state index in [4.69, 9.17) is 10.5 Å². The van der Waals surface area contributed by atoms with E-state index in [9.17, 15) is 0 Å². The van der Waals surface area contributed by atoms with Gasteiger partial charge in [-0.25, -0.2) is 0 Å². The highest BCUT2D eigenvalue weighted by atomic mass is 16.5. The van der Waals surface area contributed by atoms with Gasteiger partial charge in [0.1, 0.15) is 5.75 Å². The Morgan fingerprint density at radius 1 is 1.32 bits per heavy atom. The van der Waals surface area contributed by atoms with E-state index in [0.29, 0.717) is 11.4 Å². The van der Waals surface area contributed by atoms with E-state index in [2.05, 4.69) is 22.4 Å². The summed E-state index contributed by atoms with van der Waals surface area (Å²) in [5.74, 6) is 0.708. The van der Waals surface area contributed by atoms with Crippen LogP contribution in [0.5, 0.6) is 5.75 Å². The molecule has 0 fully saturated rings. The quantitative estimate of drug-likeness (QED) is 0.722. The lowest BCUT2D eigenvalue weighted by Crippen LogP contribution is -2.11. The van der Waals surface area contributed by atoms with E-state index < -0.39 is 0 Å². The minimum absolute atomic E-state index is 0.101. The minimum atomic E-state index is 0.101. The number of H-pyrrole nitrogens is 1. The van der Waals surface area contributed by atoms with Crippen LogP contribution in [0.25, 0.3) is 0 Å². The van der Waals surface area contributed by atoms with Crippen LogP contribution in [0.1, 0.15) is 32.4 Å². The smallest absolute Gasteiger partial charge is 0.144 e. The molecule has 2 rings (SSSR count). The lowest BCUT2D eigenvalue weighted by atomic mass is 10.1. The third kappa shape index (κ3) is 3.19. The Labute approximate surface area is 113 Å². The van der Waals surface area contributed by atoms with Crippen LogP contribution in [-0.2, 0) is 0 Å². The molecule has 1 aromatic heterocycles. The minimum Gasteiger partial charge on any atom is -0.489 e. The average molecular weight is 260 g/mol. The van der Waals surface area contributed by atoms with Crippen LogP contribution < -0.4 is 15.8 Å². The van der Waals surface area contributed by atoms with Crippen molar-refractivity contribution in [1.82, 2.24) is 10.2 Å². The van der Waals surface area contributed by atoms with Gasteiger partial charge in [-0.1, -0.05) is 6.07 Å². The SMILES string of the molecule is CC(C)Oc1cccc(NC(C)c2cn[nH]c2)c1N. The van der Waals surface area contributed by atoms with Crippen molar-refractivity contribution in [1.29, 1.82) is 0 Å². The molecular weight excluding hydrogens is 240 g/mol. The molecule has 2 aromatic rings. The average Bonchev–Trinajstić information content (AvgIpc) is 2.87. The number of ether oxygens (including phenoxy) is 1. The zero-order valence-corrected chi connectivity index (χ0v) is 11.5. The molecule has 4 N–H and O–H groups in total. The summed E-state index contributed by atoms with van der Waals surface area (Å²) in [7, 11) is 0. The van der Waals surface area contributed by atoms with Gasteiger partial charge in [-0.3, -0.25) is 5.10 Å². The molecular formula is C14H20N4O. The van der Waals surface area contributed by atoms with Gasteiger partial charge in [0.15, 0.2) is 0 Å². The number of aromatic nitrogens is 2. The van der Waals surface area contributed by atoms with Crippen molar-refractivity contribution < 1.29 is 4.74 Å². The second-order valence-corrected chi connectivity index (χ2v) is 4.78. The third-order valence-electron chi connectivity index (χ3n) is 2.82. The molecule has 0 bridgehead atoms.